The summed E-state index contributed by atoms with van der Waals surface area (Å²) in [7, 11) is -3.36. The Hall–Kier alpha value is -0.950. The molecule has 1 aromatic rings. The fraction of sp³-hybridized carbons (Fsp3) is 0.647. The van der Waals surface area contributed by atoms with Gasteiger partial charge in [0.25, 0.3) is 0 Å². The molecule has 2 rings (SSSR count). The number of hydrogen-bond acceptors (Lipinski definition) is 4. The summed E-state index contributed by atoms with van der Waals surface area (Å²) in [4.78, 5) is 0. The number of nitrogens with one attached hydrogen (secondary N) is 1. The molecule has 5 nitrogen and oxygen atoms in total. The Morgan fingerprint density at radius 2 is 1.91 bits per heavy atom. The summed E-state index contributed by atoms with van der Waals surface area (Å²) in [5, 5.41) is 11.3. The van der Waals surface area contributed by atoms with Crippen LogP contribution in [0.3, 0.4) is 0 Å². The summed E-state index contributed by atoms with van der Waals surface area (Å²) in [6.45, 7) is 3.16. The van der Waals surface area contributed by atoms with Gasteiger partial charge in [0.15, 0.2) is 0 Å². The lowest BCUT2D eigenvalue weighted by atomic mass is 9.77. The second-order valence-corrected chi connectivity index (χ2v) is 8.10. The molecule has 1 fully saturated rings. The number of unbranched alkanes of at least 4 members (excludes halogenated alkanes) is 1. The van der Waals surface area contributed by atoms with Crippen LogP contribution in [0.15, 0.2) is 30.3 Å². The maximum atomic E-state index is 12.1. The third-order valence-electron chi connectivity index (χ3n) is 4.50. The van der Waals surface area contributed by atoms with E-state index < -0.39 is 15.6 Å². The van der Waals surface area contributed by atoms with Gasteiger partial charge in [-0.1, -0.05) is 43.7 Å². The summed E-state index contributed by atoms with van der Waals surface area (Å²) in [5.41, 5.74) is -0.449. The number of rotatable bonds is 8. The van der Waals surface area contributed by atoms with E-state index in [0.29, 0.717) is 19.6 Å². The van der Waals surface area contributed by atoms with Crippen molar-refractivity contribution in [3.8, 4) is 0 Å². The van der Waals surface area contributed by atoms with Crippen LogP contribution in [0.5, 0.6) is 0 Å². The Bertz CT molecular complexity index is 570. The number of sulfonamides is 1. The van der Waals surface area contributed by atoms with E-state index in [0.717, 1.165) is 24.8 Å². The topological polar surface area (TPSA) is 75.6 Å². The quantitative estimate of drug-likeness (QED) is 0.758. The summed E-state index contributed by atoms with van der Waals surface area (Å²) >= 11 is 0. The molecule has 1 saturated heterocycles. The van der Waals surface area contributed by atoms with E-state index in [1.165, 1.54) is 0 Å². The molecule has 0 spiro atoms. The van der Waals surface area contributed by atoms with Gasteiger partial charge in [-0.05, 0) is 30.7 Å². The summed E-state index contributed by atoms with van der Waals surface area (Å²) < 4.78 is 32.2. The highest BCUT2D eigenvalue weighted by atomic mass is 32.2. The van der Waals surface area contributed by atoms with Gasteiger partial charge in [-0.15, -0.1) is 0 Å². The predicted molar refractivity (Wildman–Crippen MR) is 90.6 cm³/mol. The van der Waals surface area contributed by atoms with Crippen LogP contribution in [-0.4, -0.2) is 39.0 Å². The largest absolute Gasteiger partial charge is 0.383 e. The average molecular weight is 341 g/mol. The Balaban J connectivity index is 2.17. The van der Waals surface area contributed by atoms with Gasteiger partial charge in [0, 0.05) is 19.8 Å². The zero-order chi connectivity index (χ0) is 16.8. The highest BCUT2D eigenvalue weighted by molar-refractivity contribution is 7.89. The van der Waals surface area contributed by atoms with Crippen LogP contribution >= 0.6 is 0 Å². The molecule has 1 heterocycles. The van der Waals surface area contributed by atoms with Crippen LogP contribution < -0.4 is 4.72 Å². The normalized spacial score (nSPS) is 19.4. The molecule has 1 aliphatic heterocycles. The summed E-state index contributed by atoms with van der Waals surface area (Å²) in [5.74, 6) is 0.0785. The van der Waals surface area contributed by atoms with Crippen molar-refractivity contribution in [2.24, 2.45) is 5.92 Å². The Morgan fingerprint density at radius 3 is 2.52 bits per heavy atom. The van der Waals surface area contributed by atoms with Crippen molar-refractivity contribution in [3.05, 3.63) is 35.9 Å². The molecule has 6 heteroatoms. The van der Waals surface area contributed by atoms with E-state index in [-0.39, 0.29) is 18.2 Å². The standard InChI is InChI=1S/C17H27NO4S/c1-2-3-13-23(20,21)18-14-17(19,15-7-5-4-6-8-15)16-9-11-22-12-10-16/h4-8,16,18-19H,2-3,9-14H2,1H3. The lowest BCUT2D eigenvalue weighted by Gasteiger charge is -2.39. The second-order valence-electron chi connectivity index (χ2n) is 6.17. The average Bonchev–Trinajstić information content (AvgIpc) is 2.59. The molecule has 0 amide bonds. The van der Waals surface area contributed by atoms with Gasteiger partial charge in [-0.25, -0.2) is 13.1 Å². The van der Waals surface area contributed by atoms with E-state index in [1.807, 2.05) is 37.3 Å². The summed E-state index contributed by atoms with van der Waals surface area (Å²) in [6, 6.07) is 9.33. The molecule has 0 aliphatic carbocycles. The first-order valence-electron chi connectivity index (χ1n) is 8.31. The van der Waals surface area contributed by atoms with Crippen LogP contribution in [0.2, 0.25) is 0 Å². The maximum Gasteiger partial charge on any atom is 0.211 e. The Kier molecular flexibility index (Phi) is 6.59. The van der Waals surface area contributed by atoms with E-state index in [2.05, 4.69) is 4.72 Å². The molecule has 0 radical (unpaired) electrons. The molecule has 1 unspecified atom stereocenters. The van der Waals surface area contributed by atoms with Crippen LogP contribution in [0.25, 0.3) is 0 Å². The minimum Gasteiger partial charge on any atom is -0.383 e. The minimum absolute atomic E-state index is 0.00767. The van der Waals surface area contributed by atoms with Gasteiger partial charge >= 0.3 is 0 Å². The van der Waals surface area contributed by atoms with Crippen LogP contribution in [0.4, 0.5) is 0 Å². The molecule has 2 N–H and O–H groups in total. The second kappa shape index (κ2) is 8.24. The van der Waals surface area contributed by atoms with Crippen molar-refractivity contribution in [1.29, 1.82) is 0 Å². The molecular formula is C17H27NO4S. The number of hydrogen-bond donors (Lipinski definition) is 2. The number of benzene rings is 1. The van der Waals surface area contributed by atoms with E-state index in [1.54, 1.807) is 0 Å². The fourth-order valence-corrected chi connectivity index (χ4v) is 4.26. The van der Waals surface area contributed by atoms with Crippen LogP contribution in [0.1, 0.15) is 38.2 Å². The molecule has 1 aliphatic rings. The third kappa shape index (κ3) is 5.01. The highest BCUT2D eigenvalue weighted by Gasteiger charge is 2.39. The smallest absolute Gasteiger partial charge is 0.211 e. The van der Waals surface area contributed by atoms with Crippen molar-refractivity contribution in [2.45, 2.75) is 38.2 Å². The zero-order valence-corrected chi connectivity index (χ0v) is 14.5. The first-order chi connectivity index (χ1) is 11.0. The number of aliphatic hydroxyl groups is 1. The van der Waals surface area contributed by atoms with E-state index in [9.17, 15) is 13.5 Å². The highest BCUT2D eigenvalue weighted by Crippen LogP contribution is 2.35. The van der Waals surface area contributed by atoms with E-state index >= 15 is 0 Å². The predicted octanol–water partition coefficient (Wildman–Crippen LogP) is 2.02. The molecular weight excluding hydrogens is 314 g/mol. The minimum atomic E-state index is -3.36. The SMILES string of the molecule is CCCCS(=O)(=O)NCC(O)(c1ccccc1)C1CCOCC1. The lowest BCUT2D eigenvalue weighted by molar-refractivity contribution is -0.0663. The van der Waals surface area contributed by atoms with Gasteiger partial charge in [0.2, 0.25) is 10.0 Å². The monoisotopic (exact) mass is 341 g/mol. The van der Waals surface area contributed by atoms with Crippen molar-refractivity contribution >= 4 is 10.0 Å². The molecule has 1 aromatic carbocycles. The Morgan fingerprint density at radius 1 is 1.26 bits per heavy atom. The summed E-state index contributed by atoms with van der Waals surface area (Å²) in [6.07, 6.45) is 2.89. The van der Waals surface area contributed by atoms with Crippen molar-refractivity contribution in [2.75, 3.05) is 25.5 Å². The van der Waals surface area contributed by atoms with Gasteiger partial charge in [0.1, 0.15) is 5.60 Å². The Labute approximate surface area is 139 Å². The molecule has 0 aromatic heterocycles. The van der Waals surface area contributed by atoms with Crippen molar-refractivity contribution < 1.29 is 18.3 Å². The first kappa shape index (κ1) is 18.4. The van der Waals surface area contributed by atoms with Crippen molar-refractivity contribution in [1.82, 2.24) is 4.72 Å². The zero-order valence-electron chi connectivity index (χ0n) is 13.7. The van der Waals surface area contributed by atoms with Gasteiger partial charge in [0.05, 0.1) is 5.75 Å². The molecule has 1 atom stereocenters. The van der Waals surface area contributed by atoms with Gasteiger partial charge in [-0.3, -0.25) is 0 Å². The molecule has 130 valence electrons. The van der Waals surface area contributed by atoms with Gasteiger partial charge in [-0.2, -0.15) is 0 Å². The number of ether oxygens (including phenoxy) is 1. The van der Waals surface area contributed by atoms with Crippen LogP contribution in [-0.2, 0) is 20.4 Å². The van der Waals surface area contributed by atoms with E-state index in [4.69, 9.17) is 4.74 Å². The fourth-order valence-electron chi connectivity index (χ4n) is 3.01. The lowest BCUT2D eigenvalue weighted by Crippen LogP contribution is -2.48. The van der Waals surface area contributed by atoms with Gasteiger partial charge < -0.3 is 9.84 Å². The maximum absolute atomic E-state index is 12.1. The molecule has 23 heavy (non-hydrogen) atoms. The molecule has 0 bridgehead atoms. The first-order valence-corrected chi connectivity index (χ1v) is 9.96. The van der Waals surface area contributed by atoms with Crippen LogP contribution in [0, 0.1) is 5.92 Å². The third-order valence-corrected chi connectivity index (χ3v) is 5.91. The van der Waals surface area contributed by atoms with Crippen molar-refractivity contribution in [3.63, 3.8) is 0 Å². The molecule has 0 saturated carbocycles.